The first kappa shape index (κ1) is 17.6. The summed E-state index contributed by atoms with van der Waals surface area (Å²) in [4.78, 5) is 11.9. The fraction of sp³-hybridized carbons (Fsp3) is 0.294. The first-order valence-electron chi connectivity index (χ1n) is 7.90. The second-order valence-electron chi connectivity index (χ2n) is 5.77. The van der Waals surface area contributed by atoms with E-state index in [1.165, 1.54) is 11.9 Å². The highest BCUT2D eigenvalue weighted by atomic mass is 32.2. The Morgan fingerprint density at radius 3 is 2.60 bits per heavy atom. The molecule has 1 amide bonds. The Morgan fingerprint density at radius 1 is 1.32 bits per heavy atom. The summed E-state index contributed by atoms with van der Waals surface area (Å²) in [5.41, 5.74) is 3.29. The van der Waals surface area contributed by atoms with E-state index in [0.29, 0.717) is 12.1 Å². The van der Waals surface area contributed by atoms with Crippen molar-refractivity contribution < 1.29 is 13.2 Å². The number of carbonyl (C=O) groups is 1. The predicted octanol–water partition coefficient (Wildman–Crippen LogP) is 3.21. The molecule has 0 bridgehead atoms. The molecule has 2 heterocycles. The average molecular weight is 377 g/mol. The van der Waals surface area contributed by atoms with Gasteiger partial charge in [-0.25, -0.2) is 13.4 Å². The zero-order chi connectivity index (χ0) is 18.0. The second kappa shape index (κ2) is 6.97. The summed E-state index contributed by atoms with van der Waals surface area (Å²) in [7, 11) is -3.29. The minimum Gasteiger partial charge on any atom is -0.284 e. The van der Waals surface area contributed by atoms with E-state index in [2.05, 4.69) is 9.82 Å². The molecule has 1 atom stereocenters. The first-order valence-corrected chi connectivity index (χ1v) is 10.5. The molecule has 3 rings (SSSR count). The van der Waals surface area contributed by atoms with Crippen LogP contribution >= 0.6 is 11.3 Å². The zero-order valence-electron chi connectivity index (χ0n) is 14.0. The lowest BCUT2D eigenvalue weighted by Crippen LogP contribution is -2.23. The molecule has 0 saturated heterocycles. The number of rotatable bonds is 5. The summed E-state index contributed by atoms with van der Waals surface area (Å²) in [5.74, 6) is -0.0734. The first-order chi connectivity index (χ1) is 11.9. The van der Waals surface area contributed by atoms with Crippen LogP contribution in [0.5, 0.6) is 0 Å². The second-order valence-corrected chi connectivity index (χ2v) is 8.56. The van der Waals surface area contributed by atoms with Crippen molar-refractivity contribution in [2.45, 2.75) is 26.3 Å². The molecule has 1 aliphatic heterocycles. The van der Waals surface area contributed by atoms with Crippen molar-refractivity contribution in [2.24, 2.45) is 5.10 Å². The third-order valence-electron chi connectivity index (χ3n) is 4.03. The van der Waals surface area contributed by atoms with Gasteiger partial charge in [0.2, 0.25) is 15.9 Å². The number of nitrogens with one attached hydrogen (secondary N) is 1. The van der Waals surface area contributed by atoms with Gasteiger partial charge in [0.05, 0.1) is 17.5 Å². The Hall–Kier alpha value is -2.19. The summed E-state index contributed by atoms with van der Waals surface area (Å²) >= 11 is 1.59. The van der Waals surface area contributed by atoms with E-state index in [1.807, 2.05) is 29.0 Å². The molecule has 25 heavy (non-hydrogen) atoms. The van der Waals surface area contributed by atoms with E-state index in [0.717, 1.165) is 16.8 Å². The lowest BCUT2D eigenvalue weighted by molar-refractivity contribution is -0.130. The summed E-state index contributed by atoms with van der Waals surface area (Å²) in [6.45, 7) is 3.10. The lowest BCUT2D eigenvalue weighted by Gasteiger charge is -2.18. The fourth-order valence-corrected chi connectivity index (χ4v) is 4.03. The SMILES string of the molecule is CCS(=O)(=O)Nc1ccc(C2=NN(C(C)=O)C(c3ccsc3)C2)cc1. The summed E-state index contributed by atoms with van der Waals surface area (Å²) < 4.78 is 25.8. The largest absolute Gasteiger partial charge is 0.284 e. The number of hydrogen-bond donors (Lipinski definition) is 1. The van der Waals surface area contributed by atoms with Gasteiger partial charge in [0, 0.05) is 19.0 Å². The van der Waals surface area contributed by atoms with Gasteiger partial charge < -0.3 is 0 Å². The van der Waals surface area contributed by atoms with Crippen LogP contribution < -0.4 is 4.72 Å². The van der Waals surface area contributed by atoms with Crippen LogP contribution in [0.3, 0.4) is 0 Å². The van der Waals surface area contributed by atoms with Gasteiger partial charge in [-0.2, -0.15) is 16.4 Å². The molecular weight excluding hydrogens is 358 g/mol. The normalized spacial score (nSPS) is 17.4. The molecule has 6 nitrogen and oxygen atoms in total. The smallest absolute Gasteiger partial charge is 0.240 e. The molecule has 132 valence electrons. The van der Waals surface area contributed by atoms with Crippen molar-refractivity contribution in [3.63, 3.8) is 0 Å². The van der Waals surface area contributed by atoms with Crippen LogP contribution in [0.2, 0.25) is 0 Å². The molecule has 0 radical (unpaired) electrons. The molecule has 2 aromatic rings. The average Bonchev–Trinajstić information content (AvgIpc) is 3.24. The van der Waals surface area contributed by atoms with Crippen molar-refractivity contribution in [1.29, 1.82) is 0 Å². The van der Waals surface area contributed by atoms with Gasteiger partial charge in [-0.05, 0) is 47.0 Å². The minimum atomic E-state index is -3.29. The molecule has 0 spiro atoms. The van der Waals surface area contributed by atoms with Crippen LogP contribution in [0, 0.1) is 0 Å². The Kier molecular flexibility index (Phi) is 4.91. The number of benzene rings is 1. The molecular formula is C17H19N3O3S2. The van der Waals surface area contributed by atoms with E-state index in [-0.39, 0.29) is 17.7 Å². The molecule has 1 aromatic carbocycles. The third kappa shape index (κ3) is 3.91. The van der Waals surface area contributed by atoms with E-state index < -0.39 is 10.0 Å². The van der Waals surface area contributed by atoms with Gasteiger partial charge in [-0.3, -0.25) is 9.52 Å². The highest BCUT2D eigenvalue weighted by molar-refractivity contribution is 7.92. The topological polar surface area (TPSA) is 78.8 Å². The van der Waals surface area contributed by atoms with E-state index >= 15 is 0 Å². The monoisotopic (exact) mass is 377 g/mol. The van der Waals surface area contributed by atoms with Gasteiger partial charge >= 0.3 is 0 Å². The van der Waals surface area contributed by atoms with Gasteiger partial charge in [0.1, 0.15) is 0 Å². The van der Waals surface area contributed by atoms with Gasteiger partial charge in [0.25, 0.3) is 0 Å². The van der Waals surface area contributed by atoms with Crippen LogP contribution in [0.25, 0.3) is 0 Å². The number of nitrogens with zero attached hydrogens (tertiary/aromatic N) is 2. The standard InChI is InChI=1S/C17H19N3O3S2/c1-3-25(22,23)19-15-6-4-13(5-7-15)16-10-17(14-8-9-24-11-14)20(18-16)12(2)21/h4-9,11,17,19H,3,10H2,1-2H3. The predicted molar refractivity (Wildman–Crippen MR) is 100 cm³/mol. The number of hydrazone groups is 1. The minimum absolute atomic E-state index is 0.0252. The Labute approximate surface area is 151 Å². The molecule has 1 unspecified atom stereocenters. The number of hydrogen-bond acceptors (Lipinski definition) is 5. The summed E-state index contributed by atoms with van der Waals surface area (Å²) in [6.07, 6.45) is 0.635. The summed E-state index contributed by atoms with van der Waals surface area (Å²) in [6, 6.07) is 8.98. The highest BCUT2D eigenvalue weighted by Crippen LogP contribution is 2.33. The maximum absolute atomic E-state index is 11.9. The Morgan fingerprint density at radius 2 is 2.04 bits per heavy atom. The quantitative estimate of drug-likeness (QED) is 0.869. The molecule has 0 fully saturated rings. The maximum Gasteiger partial charge on any atom is 0.240 e. The van der Waals surface area contributed by atoms with Crippen LogP contribution in [0.1, 0.15) is 37.4 Å². The molecule has 8 heteroatoms. The number of sulfonamides is 1. The van der Waals surface area contributed by atoms with Gasteiger partial charge in [0.15, 0.2) is 0 Å². The van der Waals surface area contributed by atoms with E-state index in [1.54, 1.807) is 30.4 Å². The third-order valence-corrected chi connectivity index (χ3v) is 6.04. The van der Waals surface area contributed by atoms with Gasteiger partial charge in [-0.1, -0.05) is 12.1 Å². The maximum atomic E-state index is 11.9. The summed E-state index contributed by atoms with van der Waals surface area (Å²) in [5, 5.41) is 10.0. The van der Waals surface area contributed by atoms with Gasteiger partial charge in [-0.15, -0.1) is 0 Å². The number of thiophene rings is 1. The van der Waals surface area contributed by atoms with Crippen LogP contribution in [-0.2, 0) is 14.8 Å². The Balaban J connectivity index is 1.82. The fourth-order valence-electron chi connectivity index (χ4n) is 2.68. The van der Waals surface area contributed by atoms with Crippen molar-refractivity contribution in [1.82, 2.24) is 5.01 Å². The molecule has 0 saturated carbocycles. The molecule has 0 aliphatic carbocycles. The van der Waals surface area contributed by atoms with E-state index in [4.69, 9.17) is 0 Å². The van der Waals surface area contributed by atoms with Crippen molar-refractivity contribution in [3.05, 3.63) is 52.2 Å². The molecule has 1 N–H and O–H groups in total. The zero-order valence-corrected chi connectivity index (χ0v) is 15.6. The van der Waals surface area contributed by atoms with E-state index in [9.17, 15) is 13.2 Å². The molecule has 1 aromatic heterocycles. The number of amides is 1. The van der Waals surface area contributed by atoms with Crippen molar-refractivity contribution >= 4 is 38.7 Å². The van der Waals surface area contributed by atoms with Crippen molar-refractivity contribution in [2.75, 3.05) is 10.5 Å². The number of carbonyl (C=O) groups excluding carboxylic acids is 1. The van der Waals surface area contributed by atoms with Crippen LogP contribution in [0.15, 0.2) is 46.2 Å². The Bertz CT molecular complexity index is 888. The van der Waals surface area contributed by atoms with Crippen LogP contribution in [0.4, 0.5) is 5.69 Å². The van der Waals surface area contributed by atoms with Crippen LogP contribution in [-0.4, -0.2) is 30.8 Å². The number of anilines is 1. The lowest BCUT2D eigenvalue weighted by atomic mass is 10.0. The molecule has 1 aliphatic rings. The highest BCUT2D eigenvalue weighted by Gasteiger charge is 2.31. The van der Waals surface area contributed by atoms with Crippen molar-refractivity contribution in [3.8, 4) is 0 Å².